The second-order valence-corrected chi connectivity index (χ2v) is 7.95. The first-order valence-corrected chi connectivity index (χ1v) is 9.05. The minimum atomic E-state index is -6.02. The number of aliphatic hydroxyl groups is 2. The summed E-state index contributed by atoms with van der Waals surface area (Å²) >= 11 is 0. The molecule has 0 radical (unpaired) electrons. The Balaban J connectivity index is 1.78. The summed E-state index contributed by atoms with van der Waals surface area (Å²) in [6.45, 7) is 4.04. The Labute approximate surface area is 167 Å². The van der Waals surface area contributed by atoms with Gasteiger partial charge >= 0.3 is 12.1 Å². The van der Waals surface area contributed by atoms with Gasteiger partial charge in [-0.15, -0.1) is 0 Å². The fourth-order valence-electron chi connectivity index (χ4n) is 4.05. The molecule has 4 rings (SSSR count). The van der Waals surface area contributed by atoms with Crippen molar-refractivity contribution in [3.63, 3.8) is 0 Å². The largest absolute Gasteiger partial charge is 0.457 e. The van der Waals surface area contributed by atoms with Gasteiger partial charge in [0.15, 0.2) is 17.6 Å². The van der Waals surface area contributed by atoms with Crippen LogP contribution in [-0.4, -0.2) is 62.8 Å². The van der Waals surface area contributed by atoms with Crippen LogP contribution in [0.15, 0.2) is 18.0 Å². The normalized spacial score (nSPS) is 35.6. The quantitative estimate of drug-likeness (QED) is 0.618. The number of ether oxygens (including phenoxy) is 3. The standard InChI is InChI=1S/C17H20F5N3O5/c1-7-4-15(27,16(18,19)17(20,21)22)8-5-23-25(12(8)24-7)13-11-10(9(6-26)28-13)29-14(2,3)30-11/h4-5,9-11,13,24,26-27H,6H2,1-3H3/t9-,10-,11-,13-,15?/m1/s1. The number of aliphatic hydroxyl groups excluding tert-OH is 1. The van der Waals surface area contributed by atoms with Crippen LogP contribution in [0.2, 0.25) is 0 Å². The van der Waals surface area contributed by atoms with E-state index in [0.717, 1.165) is 10.9 Å². The summed E-state index contributed by atoms with van der Waals surface area (Å²) in [4.78, 5) is 0. The maximum atomic E-state index is 14.3. The number of alkyl halides is 5. The molecule has 3 N–H and O–H groups in total. The summed E-state index contributed by atoms with van der Waals surface area (Å²) in [6, 6.07) is 0. The van der Waals surface area contributed by atoms with Crippen LogP contribution in [0.1, 0.15) is 32.6 Å². The molecule has 13 heteroatoms. The van der Waals surface area contributed by atoms with E-state index < -0.39 is 60.2 Å². The Bertz CT molecular complexity index is 886. The zero-order valence-corrected chi connectivity index (χ0v) is 16.1. The highest BCUT2D eigenvalue weighted by atomic mass is 19.4. The van der Waals surface area contributed by atoms with Crippen molar-refractivity contribution in [3.05, 3.63) is 23.5 Å². The van der Waals surface area contributed by atoms with Crippen LogP contribution in [0, 0.1) is 0 Å². The van der Waals surface area contributed by atoms with Gasteiger partial charge in [0.05, 0.1) is 18.4 Å². The molecule has 5 atom stereocenters. The molecule has 2 saturated heterocycles. The third-order valence-corrected chi connectivity index (χ3v) is 5.33. The van der Waals surface area contributed by atoms with Crippen LogP contribution in [0.5, 0.6) is 0 Å². The van der Waals surface area contributed by atoms with Crippen molar-refractivity contribution in [1.29, 1.82) is 0 Å². The Hall–Kier alpha value is -1.80. The first kappa shape index (κ1) is 21.4. The topological polar surface area (TPSA) is 98.0 Å². The molecular formula is C17H20F5N3O5. The molecule has 4 heterocycles. The SMILES string of the molecule is CC1=CC(O)(C(F)(F)C(F)(F)F)c2cnn([C@@H]3O[C@H](CO)[C@H]4OC(C)(C)O[C@H]43)c2N1. The molecule has 3 aliphatic heterocycles. The van der Waals surface area contributed by atoms with Crippen molar-refractivity contribution in [1.82, 2.24) is 9.78 Å². The van der Waals surface area contributed by atoms with Crippen molar-refractivity contribution in [2.75, 3.05) is 11.9 Å². The number of hydrogen-bond donors (Lipinski definition) is 3. The van der Waals surface area contributed by atoms with Crippen LogP contribution >= 0.6 is 0 Å². The lowest BCUT2D eigenvalue weighted by atomic mass is 9.85. The Morgan fingerprint density at radius 1 is 1.20 bits per heavy atom. The molecule has 0 bridgehead atoms. The van der Waals surface area contributed by atoms with Crippen molar-refractivity contribution < 1.29 is 46.4 Å². The maximum Gasteiger partial charge on any atom is 0.457 e. The van der Waals surface area contributed by atoms with Crippen molar-refractivity contribution in [2.24, 2.45) is 0 Å². The molecule has 1 aromatic heterocycles. The number of nitrogens with one attached hydrogen (secondary N) is 1. The molecular weight excluding hydrogens is 421 g/mol. The smallest absolute Gasteiger partial charge is 0.394 e. The van der Waals surface area contributed by atoms with Crippen molar-refractivity contribution >= 4 is 5.82 Å². The summed E-state index contributed by atoms with van der Waals surface area (Å²) in [6.07, 6.45) is -8.38. The third-order valence-electron chi connectivity index (χ3n) is 5.33. The summed E-state index contributed by atoms with van der Waals surface area (Å²) in [5, 5.41) is 26.6. The van der Waals surface area contributed by atoms with Gasteiger partial charge in [-0.1, -0.05) is 0 Å². The molecule has 168 valence electrons. The predicted molar refractivity (Wildman–Crippen MR) is 89.3 cm³/mol. The lowest BCUT2D eigenvalue weighted by molar-refractivity contribution is -0.335. The van der Waals surface area contributed by atoms with Gasteiger partial charge in [-0.25, -0.2) is 4.68 Å². The van der Waals surface area contributed by atoms with Crippen LogP contribution in [0.4, 0.5) is 27.8 Å². The summed E-state index contributed by atoms with van der Waals surface area (Å²) in [7, 11) is 0. The molecule has 30 heavy (non-hydrogen) atoms. The van der Waals surface area contributed by atoms with E-state index in [0.29, 0.717) is 6.08 Å². The summed E-state index contributed by atoms with van der Waals surface area (Å²) in [5.74, 6) is -6.84. The summed E-state index contributed by atoms with van der Waals surface area (Å²) < 4.78 is 86.0. The number of hydrogen-bond acceptors (Lipinski definition) is 7. The maximum absolute atomic E-state index is 14.3. The van der Waals surface area contributed by atoms with Gasteiger partial charge in [0.2, 0.25) is 0 Å². The van der Waals surface area contributed by atoms with E-state index >= 15 is 0 Å². The molecule has 3 aliphatic rings. The van der Waals surface area contributed by atoms with Crippen LogP contribution in [0.25, 0.3) is 0 Å². The first-order chi connectivity index (χ1) is 13.7. The second kappa shape index (κ2) is 6.36. The zero-order valence-electron chi connectivity index (χ0n) is 16.1. The zero-order chi connectivity index (χ0) is 22.3. The van der Waals surface area contributed by atoms with E-state index in [9.17, 15) is 32.2 Å². The lowest BCUT2D eigenvalue weighted by Gasteiger charge is -2.37. The number of nitrogens with zero attached hydrogens (tertiary/aromatic N) is 2. The third kappa shape index (κ3) is 2.87. The van der Waals surface area contributed by atoms with E-state index in [1.807, 2.05) is 0 Å². The molecule has 1 aromatic rings. The molecule has 8 nitrogen and oxygen atoms in total. The van der Waals surface area contributed by atoms with Crippen molar-refractivity contribution in [3.8, 4) is 0 Å². The molecule has 0 saturated carbocycles. The van der Waals surface area contributed by atoms with E-state index in [-0.39, 0.29) is 11.5 Å². The van der Waals surface area contributed by atoms with Crippen LogP contribution in [-0.2, 0) is 19.8 Å². The Morgan fingerprint density at radius 3 is 2.43 bits per heavy atom. The number of halogens is 5. The van der Waals surface area contributed by atoms with Gasteiger partial charge < -0.3 is 29.7 Å². The first-order valence-electron chi connectivity index (χ1n) is 9.05. The minimum absolute atomic E-state index is 0.146. The van der Waals surface area contributed by atoms with E-state index in [4.69, 9.17) is 14.2 Å². The van der Waals surface area contributed by atoms with Crippen molar-refractivity contribution in [2.45, 2.75) is 68.8 Å². The molecule has 1 unspecified atom stereocenters. The summed E-state index contributed by atoms with van der Waals surface area (Å²) in [5.41, 5.74) is -4.61. The number of rotatable bonds is 3. The predicted octanol–water partition coefficient (Wildman–Crippen LogP) is 2.01. The van der Waals surface area contributed by atoms with Gasteiger partial charge in [0.1, 0.15) is 24.1 Å². The lowest BCUT2D eigenvalue weighted by Crippen LogP contribution is -2.55. The molecule has 2 fully saturated rings. The fraction of sp³-hybridized carbons (Fsp3) is 0.706. The number of aromatic nitrogens is 2. The van der Waals surface area contributed by atoms with Gasteiger partial charge in [0, 0.05) is 5.70 Å². The molecule has 0 amide bonds. The highest BCUT2D eigenvalue weighted by Crippen LogP contribution is 2.53. The van der Waals surface area contributed by atoms with E-state index in [1.54, 1.807) is 13.8 Å². The van der Waals surface area contributed by atoms with Gasteiger partial charge in [-0.05, 0) is 26.8 Å². The monoisotopic (exact) mass is 441 g/mol. The highest BCUT2D eigenvalue weighted by molar-refractivity contribution is 5.58. The molecule has 0 aromatic carbocycles. The van der Waals surface area contributed by atoms with E-state index in [1.165, 1.54) is 6.92 Å². The number of anilines is 1. The Morgan fingerprint density at radius 2 is 1.83 bits per heavy atom. The number of allylic oxidation sites excluding steroid dienone is 1. The second-order valence-electron chi connectivity index (χ2n) is 7.95. The van der Waals surface area contributed by atoms with Crippen LogP contribution < -0.4 is 5.32 Å². The minimum Gasteiger partial charge on any atom is -0.394 e. The van der Waals surface area contributed by atoms with Gasteiger partial charge in [0.25, 0.3) is 0 Å². The van der Waals surface area contributed by atoms with Crippen LogP contribution in [0.3, 0.4) is 0 Å². The fourth-order valence-corrected chi connectivity index (χ4v) is 4.05. The van der Waals surface area contributed by atoms with Gasteiger partial charge in [-0.2, -0.15) is 27.1 Å². The molecule has 0 spiro atoms. The van der Waals surface area contributed by atoms with Gasteiger partial charge in [-0.3, -0.25) is 0 Å². The van der Waals surface area contributed by atoms with E-state index in [2.05, 4.69) is 10.4 Å². The highest BCUT2D eigenvalue weighted by Gasteiger charge is 2.71. The Kier molecular flexibility index (Phi) is 4.54. The average Bonchev–Trinajstić information content (AvgIpc) is 3.24. The average molecular weight is 441 g/mol. The number of fused-ring (bicyclic) bond motifs is 2. The molecule has 0 aliphatic carbocycles.